The van der Waals surface area contributed by atoms with Crippen LogP contribution in [0.2, 0.25) is 0 Å². The maximum Gasteiger partial charge on any atom is 0.119 e. The van der Waals surface area contributed by atoms with Gasteiger partial charge in [0, 0.05) is 18.8 Å². The van der Waals surface area contributed by atoms with Gasteiger partial charge in [-0.2, -0.15) is 0 Å². The molecule has 2 aromatic rings. The first-order valence-electron chi connectivity index (χ1n) is 9.18. The first-order chi connectivity index (χ1) is 12.0. The highest BCUT2D eigenvalue weighted by Gasteiger charge is 2.16. The van der Waals surface area contributed by atoms with E-state index >= 15 is 0 Å². The summed E-state index contributed by atoms with van der Waals surface area (Å²) in [4.78, 5) is 0. The van der Waals surface area contributed by atoms with Crippen LogP contribution >= 0.6 is 0 Å². The lowest BCUT2D eigenvalue weighted by atomic mass is 9.87. The van der Waals surface area contributed by atoms with Crippen LogP contribution in [0, 0.1) is 0 Å². The summed E-state index contributed by atoms with van der Waals surface area (Å²) in [5.74, 6) is 0.899. The third-order valence-electron chi connectivity index (χ3n) is 4.63. The molecule has 1 fully saturated rings. The zero-order chi connectivity index (χ0) is 17.7. The minimum atomic E-state index is 0.200. The molecule has 1 heterocycles. The van der Waals surface area contributed by atoms with Crippen LogP contribution < -0.4 is 10.1 Å². The van der Waals surface area contributed by atoms with Crippen molar-refractivity contribution >= 4 is 5.69 Å². The van der Waals surface area contributed by atoms with Crippen LogP contribution in [0.15, 0.2) is 48.5 Å². The molecule has 25 heavy (non-hydrogen) atoms. The van der Waals surface area contributed by atoms with E-state index in [1.807, 2.05) is 12.1 Å². The molecule has 0 saturated carbocycles. The fraction of sp³-hybridized carbons (Fsp3) is 0.455. The number of rotatable bonds is 6. The molecule has 2 aromatic carbocycles. The molecule has 0 radical (unpaired) electrons. The summed E-state index contributed by atoms with van der Waals surface area (Å²) in [6.07, 6.45) is 2.51. The van der Waals surface area contributed by atoms with Crippen molar-refractivity contribution in [1.82, 2.24) is 0 Å². The van der Waals surface area contributed by atoms with Crippen molar-refractivity contribution in [3.8, 4) is 5.75 Å². The fourth-order valence-electron chi connectivity index (χ4n) is 2.96. The average Bonchev–Trinajstić information content (AvgIpc) is 3.12. The fourth-order valence-corrected chi connectivity index (χ4v) is 2.96. The van der Waals surface area contributed by atoms with Gasteiger partial charge in [0.05, 0.1) is 6.10 Å². The van der Waals surface area contributed by atoms with Crippen molar-refractivity contribution in [3.05, 3.63) is 59.7 Å². The van der Waals surface area contributed by atoms with Crippen LogP contribution in [0.4, 0.5) is 5.69 Å². The standard InChI is InChI=1S/C22H29NO2/c1-22(2,3)18-8-6-17(7-9-18)15-23-19-10-12-20(13-11-19)25-16-21-5-4-14-24-21/h6-13,21,23H,4-5,14-16H2,1-3H3. The molecule has 1 saturated heterocycles. The third-order valence-corrected chi connectivity index (χ3v) is 4.63. The van der Waals surface area contributed by atoms with Gasteiger partial charge in [0.2, 0.25) is 0 Å². The van der Waals surface area contributed by atoms with Crippen LogP contribution in [-0.4, -0.2) is 19.3 Å². The van der Waals surface area contributed by atoms with Crippen LogP contribution in [0.3, 0.4) is 0 Å². The van der Waals surface area contributed by atoms with Crippen molar-refractivity contribution in [3.63, 3.8) is 0 Å². The molecule has 3 rings (SSSR count). The topological polar surface area (TPSA) is 30.5 Å². The maximum atomic E-state index is 5.80. The van der Waals surface area contributed by atoms with Gasteiger partial charge >= 0.3 is 0 Å². The van der Waals surface area contributed by atoms with Crippen molar-refractivity contribution in [2.24, 2.45) is 0 Å². The highest BCUT2D eigenvalue weighted by molar-refractivity contribution is 5.47. The molecule has 1 unspecified atom stereocenters. The molecule has 1 aliphatic heterocycles. The Morgan fingerprint density at radius 1 is 1.04 bits per heavy atom. The third kappa shape index (κ3) is 5.23. The number of anilines is 1. The monoisotopic (exact) mass is 339 g/mol. The van der Waals surface area contributed by atoms with Crippen LogP contribution in [0.1, 0.15) is 44.7 Å². The lowest BCUT2D eigenvalue weighted by Crippen LogP contribution is -2.16. The average molecular weight is 339 g/mol. The summed E-state index contributed by atoms with van der Waals surface area (Å²) in [6, 6.07) is 17.0. The Labute approximate surface area is 151 Å². The molecule has 0 amide bonds. The number of nitrogens with one attached hydrogen (secondary N) is 1. The summed E-state index contributed by atoms with van der Waals surface area (Å²) < 4.78 is 11.4. The van der Waals surface area contributed by atoms with Gasteiger partial charge in [0.25, 0.3) is 0 Å². The van der Waals surface area contributed by atoms with Gasteiger partial charge in [-0.25, -0.2) is 0 Å². The molecular weight excluding hydrogens is 310 g/mol. The Bertz CT molecular complexity index is 650. The van der Waals surface area contributed by atoms with Gasteiger partial charge < -0.3 is 14.8 Å². The number of hydrogen-bond acceptors (Lipinski definition) is 3. The van der Waals surface area contributed by atoms with Gasteiger partial charge in [-0.05, 0) is 53.6 Å². The summed E-state index contributed by atoms with van der Waals surface area (Å²) in [7, 11) is 0. The molecule has 0 aliphatic carbocycles. The molecular formula is C22H29NO2. The van der Waals surface area contributed by atoms with E-state index in [1.165, 1.54) is 11.1 Å². The Balaban J connectivity index is 1.48. The summed E-state index contributed by atoms with van der Waals surface area (Å²) in [5.41, 5.74) is 3.95. The Morgan fingerprint density at radius 2 is 1.76 bits per heavy atom. The van der Waals surface area contributed by atoms with E-state index < -0.39 is 0 Å². The Hall–Kier alpha value is -2.00. The normalized spacial score (nSPS) is 17.5. The molecule has 1 atom stereocenters. The number of ether oxygens (including phenoxy) is 2. The highest BCUT2D eigenvalue weighted by Crippen LogP contribution is 2.23. The minimum absolute atomic E-state index is 0.200. The van der Waals surface area contributed by atoms with Crippen molar-refractivity contribution in [2.75, 3.05) is 18.5 Å². The zero-order valence-electron chi connectivity index (χ0n) is 15.5. The van der Waals surface area contributed by atoms with Gasteiger partial charge in [0.1, 0.15) is 12.4 Å². The lowest BCUT2D eigenvalue weighted by molar-refractivity contribution is 0.0679. The first kappa shape index (κ1) is 17.8. The second-order valence-electron chi connectivity index (χ2n) is 7.77. The maximum absolute atomic E-state index is 5.80. The molecule has 0 aromatic heterocycles. The van der Waals surface area contributed by atoms with Gasteiger partial charge in [-0.15, -0.1) is 0 Å². The first-order valence-corrected chi connectivity index (χ1v) is 9.18. The van der Waals surface area contributed by atoms with Crippen LogP contribution in [0.5, 0.6) is 5.75 Å². The Kier molecular flexibility index (Phi) is 5.64. The van der Waals surface area contributed by atoms with Crippen molar-refractivity contribution in [2.45, 2.75) is 51.7 Å². The molecule has 0 bridgehead atoms. The molecule has 1 aliphatic rings. The van der Waals surface area contributed by atoms with Crippen LogP contribution in [0.25, 0.3) is 0 Å². The van der Waals surface area contributed by atoms with Gasteiger partial charge in [-0.3, -0.25) is 0 Å². The van der Waals surface area contributed by atoms with E-state index in [2.05, 4.69) is 62.5 Å². The van der Waals surface area contributed by atoms with Crippen LogP contribution in [-0.2, 0) is 16.7 Å². The van der Waals surface area contributed by atoms with E-state index in [0.717, 1.165) is 37.4 Å². The van der Waals surface area contributed by atoms with E-state index in [0.29, 0.717) is 6.61 Å². The Morgan fingerprint density at radius 3 is 2.36 bits per heavy atom. The predicted molar refractivity (Wildman–Crippen MR) is 103 cm³/mol. The molecule has 3 heteroatoms. The molecule has 3 nitrogen and oxygen atoms in total. The summed E-state index contributed by atoms with van der Waals surface area (Å²) in [6.45, 7) is 9.05. The lowest BCUT2D eigenvalue weighted by Gasteiger charge is -2.19. The second kappa shape index (κ2) is 7.92. The number of benzene rings is 2. The summed E-state index contributed by atoms with van der Waals surface area (Å²) in [5, 5.41) is 3.46. The van der Waals surface area contributed by atoms with E-state index in [1.54, 1.807) is 0 Å². The molecule has 0 spiro atoms. The molecule has 134 valence electrons. The highest BCUT2D eigenvalue weighted by atomic mass is 16.5. The largest absolute Gasteiger partial charge is 0.491 e. The van der Waals surface area contributed by atoms with E-state index in [4.69, 9.17) is 9.47 Å². The summed E-state index contributed by atoms with van der Waals surface area (Å²) >= 11 is 0. The quantitative estimate of drug-likeness (QED) is 0.789. The van der Waals surface area contributed by atoms with E-state index in [-0.39, 0.29) is 11.5 Å². The minimum Gasteiger partial charge on any atom is -0.491 e. The predicted octanol–water partition coefficient (Wildman–Crippen LogP) is 5.15. The van der Waals surface area contributed by atoms with Crippen molar-refractivity contribution in [1.29, 1.82) is 0 Å². The van der Waals surface area contributed by atoms with Crippen molar-refractivity contribution < 1.29 is 9.47 Å². The van der Waals surface area contributed by atoms with Gasteiger partial charge in [-0.1, -0.05) is 45.0 Å². The number of hydrogen-bond donors (Lipinski definition) is 1. The zero-order valence-corrected chi connectivity index (χ0v) is 15.5. The van der Waals surface area contributed by atoms with Gasteiger partial charge in [0.15, 0.2) is 0 Å². The smallest absolute Gasteiger partial charge is 0.119 e. The second-order valence-corrected chi connectivity index (χ2v) is 7.77. The molecule has 1 N–H and O–H groups in total. The SMILES string of the molecule is CC(C)(C)c1ccc(CNc2ccc(OCC3CCCO3)cc2)cc1. The van der Waals surface area contributed by atoms with E-state index in [9.17, 15) is 0 Å².